The molecule has 2 aromatic heterocycles. The smallest absolute Gasteiger partial charge is 0.309 e. The van der Waals surface area contributed by atoms with Crippen LogP contribution in [-0.2, 0) is 0 Å². The number of imidazole rings is 1. The molecule has 0 fully saturated rings. The largest absolute Gasteiger partial charge is 0.332 e. The van der Waals surface area contributed by atoms with Crippen LogP contribution < -0.4 is 5.69 Å². The molecule has 0 spiro atoms. The fourth-order valence-electron chi connectivity index (χ4n) is 1.55. The fraction of sp³-hybridized carbons (Fsp3) is 0.167. The summed E-state index contributed by atoms with van der Waals surface area (Å²) >= 11 is 3.01. The second-order valence-electron chi connectivity index (χ2n) is 3.54. The van der Waals surface area contributed by atoms with Gasteiger partial charge in [-0.3, -0.25) is 0 Å². The van der Waals surface area contributed by atoms with Gasteiger partial charge in [0.15, 0.2) is 5.13 Å². The summed E-state index contributed by atoms with van der Waals surface area (Å²) in [6, 6.07) is 0. The highest BCUT2D eigenvalue weighted by molar-refractivity contribution is 7.98. The van der Waals surface area contributed by atoms with E-state index in [-0.39, 0.29) is 5.69 Å². The third-order valence-corrected chi connectivity index (χ3v) is 3.99. The molecule has 18 heavy (non-hydrogen) atoms. The molecule has 0 aromatic carbocycles. The van der Waals surface area contributed by atoms with Gasteiger partial charge in [0.1, 0.15) is 5.03 Å². The van der Waals surface area contributed by atoms with E-state index in [1.165, 1.54) is 11.3 Å². The normalized spacial score (nSPS) is 11.2. The van der Waals surface area contributed by atoms with Crippen LogP contribution in [-0.4, -0.2) is 20.8 Å². The lowest BCUT2D eigenvalue weighted by Crippen LogP contribution is -2.15. The van der Waals surface area contributed by atoms with Gasteiger partial charge in [-0.2, -0.15) is 0 Å². The van der Waals surface area contributed by atoms with Gasteiger partial charge in [0.25, 0.3) is 0 Å². The second kappa shape index (κ2) is 5.41. The first-order valence-electron chi connectivity index (χ1n) is 5.28. The molecule has 0 aliphatic carbocycles. The SMILES string of the molecule is C=C/C=C\c1c(C)[nH]c(=O)n1-c1nc(SC)cs1. The number of aromatic nitrogens is 3. The molecule has 0 atom stereocenters. The van der Waals surface area contributed by atoms with Crippen molar-refractivity contribution in [2.75, 3.05) is 6.26 Å². The van der Waals surface area contributed by atoms with E-state index in [1.54, 1.807) is 28.5 Å². The highest BCUT2D eigenvalue weighted by Gasteiger charge is 2.13. The van der Waals surface area contributed by atoms with E-state index in [1.807, 2.05) is 24.6 Å². The Bertz CT molecular complexity index is 649. The number of hydrogen-bond donors (Lipinski definition) is 1. The lowest BCUT2D eigenvalue weighted by molar-refractivity contribution is 0.942. The Hall–Kier alpha value is -1.53. The summed E-state index contributed by atoms with van der Waals surface area (Å²) in [5.74, 6) is 0. The number of thioether (sulfide) groups is 1. The standard InChI is InChI=1S/C12H13N3OS2/c1-4-5-6-9-8(2)13-11(16)15(9)12-14-10(17-3)7-18-12/h4-7H,1H2,2-3H3,(H,13,16)/b6-5-. The fourth-order valence-corrected chi connectivity index (χ4v) is 3.01. The molecule has 2 aromatic rings. The first-order chi connectivity index (χ1) is 8.67. The van der Waals surface area contributed by atoms with Gasteiger partial charge in [-0.25, -0.2) is 14.3 Å². The molecule has 0 bridgehead atoms. The Balaban J connectivity index is 2.58. The maximum absolute atomic E-state index is 11.9. The van der Waals surface area contributed by atoms with Crippen molar-refractivity contribution < 1.29 is 0 Å². The first kappa shape index (κ1) is 12.9. The van der Waals surface area contributed by atoms with E-state index in [4.69, 9.17) is 0 Å². The molecule has 0 aliphatic rings. The van der Waals surface area contributed by atoms with Gasteiger partial charge in [0.2, 0.25) is 0 Å². The van der Waals surface area contributed by atoms with Crippen LogP contribution in [0.15, 0.2) is 33.9 Å². The molecule has 0 amide bonds. The van der Waals surface area contributed by atoms with Crippen molar-refractivity contribution in [3.05, 3.63) is 46.0 Å². The van der Waals surface area contributed by atoms with Gasteiger partial charge in [0.05, 0.1) is 5.69 Å². The summed E-state index contributed by atoms with van der Waals surface area (Å²) in [7, 11) is 0. The third-order valence-electron chi connectivity index (χ3n) is 2.38. The summed E-state index contributed by atoms with van der Waals surface area (Å²) in [5.41, 5.74) is 1.46. The van der Waals surface area contributed by atoms with Crippen LogP contribution >= 0.6 is 23.1 Å². The van der Waals surface area contributed by atoms with Crippen LogP contribution in [0.3, 0.4) is 0 Å². The minimum Gasteiger partial charge on any atom is -0.309 e. The molecule has 0 unspecified atom stereocenters. The van der Waals surface area contributed by atoms with Crippen LogP contribution in [0.2, 0.25) is 0 Å². The highest BCUT2D eigenvalue weighted by atomic mass is 32.2. The van der Waals surface area contributed by atoms with E-state index in [0.717, 1.165) is 16.4 Å². The van der Waals surface area contributed by atoms with Crippen LogP contribution in [0.1, 0.15) is 11.4 Å². The monoisotopic (exact) mass is 279 g/mol. The molecule has 0 saturated carbocycles. The van der Waals surface area contributed by atoms with Crippen LogP contribution in [0, 0.1) is 6.92 Å². The van der Waals surface area contributed by atoms with Crippen molar-refractivity contribution in [2.24, 2.45) is 0 Å². The molecule has 2 rings (SSSR count). The van der Waals surface area contributed by atoms with Crippen molar-refractivity contribution in [3.8, 4) is 5.13 Å². The summed E-state index contributed by atoms with van der Waals surface area (Å²) < 4.78 is 1.58. The molecule has 0 radical (unpaired) electrons. The van der Waals surface area contributed by atoms with Crippen LogP contribution in [0.4, 0.5) is 0 Å². The van der Waals surface area contributed by atoms with Gasteiger partial charge < -0.3 is 4.98 Å². The van der Waals surface area contributed by atoms with E-state index >= 15 is 0 Å². The molecule has 0 aliphatic heterocycles. The zero-order chi connectivity index (χ0) is 13.1. The Morgan fingerprint density at radius 3 is 3.00 bits per heavy atom. The van der Waals surface area contributed by atoms with Crippen molar-refractivity contribution >= 4 is 29.2 Å². The summed E-state index contributed by atoms with van der Waals surface area (Å²) in [6.07, 6.45) is 7.29. The molecule has 2 heterocycles. The minimum absolute atomic E-state index is 0.168. The van der Waals surface area contributed by atoms with E-state index in [0.29, 0.717) is 5.13 Å². The molecule has 0 saturated heterocycles. The van der Waals surface area contributed by atoms with E-state index < -0.39 is 0 Å². The van der Waals surface area contributed by atoms with Crippen molar-refractivity contribution in [3.63, 3.8) is 0 Å². The predicted octanol–water partition coefficient (Wildman–Crippen LogP) is 2.85. The predicted molar refractivity (Wildman–Crippen MR) is 77.8 cm³/mol. The first-order valence-corrected chi connectivity index (χ1v) is 7.38. The maximum Gasteiger partial charge on any atom is 0.332 e. The van der Waals surface area contributed by atoms with Gasteiger partial charge in [-0.15, -0.1) is 23.1 Å². The lowest BCUT2D eigenvalue weighted by atomic mass is 10.3. The second-order valence-corrected chi connectivity index (χ2v) is 5.21. The number of aromatic amines is 1. The number of allylic oxidation sites excluding steroid dienone is 2. The summed E-state index contributed by atoms with van der Waals surface area (Å²) in [6.45, 7) is 5.50. The van der Waals surface area contributed by atoms with Crippen molar-refractivity contribution in [1.29, 1.82) is 0 Å². The quantitative estimate of drug-likeness (QED) is 0.691. The number of aryl methyl sites for hydroxylation is 1. The highest BCUT2D eigenvalue weighted by Crippen LogP contribution is 2.22. The number of rotatable bonds is 4. The lowest BCUT2D eigenvalue weighted by Gasteiger charge is -1.99. The molecule has 1 N–H and O–H groups in total. The van der Waals surface area contributed by atoms with E-state index in [2.05, 4.69) is 16.5 Å². The average Bonchev–Trinajstić information content (AvgIpc) is 2.91. The Morgan fingerprint density at radius 2 is 2.39 bits per heavy atom. The number of nitrogens with zero attached hydrogens (tertiary/aromatic N) is 2. The van der Waals surface area contributed by atoms with Gasteiger partial charge >= 0.3 is 5.69 Å². The zero-order valence-corrected chi connectivity index (χ0v) is 11.8. The number of nitrogens with one attached hydrogen (secondary N) is 1. The van der Waals surface area contributed by atoms with E-state index in [9.17, 15) is 4.79 Å². The van der Waals surface area contributed by atoms with Gasteiger partial charge in [0, 0.05) is 11.1 Å². The topological polar surface area (TPSA) is 50.7 Å². The minimum atomic E-state index is -0.168. The average molecular weight is 279 g/mol. The molecular formula is C12H13N3OS2. The zero-order valence-electron chi connectivity index (χ0n) is 10.1. The molecule has 6 heteroatoms. The van der Waals surface area contributed by atoms with Gasteiger partial charge in [-0.05, 0) is 19.3 Å². The van der Waals surface area contributed by atoms with Crippen LogP contribution in [0.5, 0.6) is 0 Å². The Labute approximate surface area is 113 Å². The number of H-pyrrole nitrogens is 1. The summed E-state index contributed by atoms with van der Waals surface area (Å²) in [5, 5.41) is 3.53. The Morgan fingerprint density at radius 1 is 1.61 bits per heavy atom. The maximum atomic E-state index is 11.9. The van der Waals surface area contributed by atoms with Crippen LogP contribution in [0.25, 0.3) is 11.2 Å². The third kappa shape index (κ3) is 2.34. The number of thiazole rings is 1. The summed E-state index contributed by atoms with van der Waals surface area (Å²) in [4.78, 5) is 19.1. The molecule has 4 nitrogen and oxygen atoms in total. The molecular weight excluding hydrogens is 266 g/mol. The number of hydrogen-bond acceptors (Lipinski definition) is 4. The van der Waals surface area contributed by atoms with Crippen molar-refractivity contribution in [1.82, 2.24) is 14.5 Å². The Kier molecular flexibility index (Phi) is 3.88. The van der Waals surface area contributed by atoms with Gasteiger partial charge in [-0.1, -0.05) is 18.7 Å². The molecule has 94 valence electrons. The van der Waals surface area contributed by atoms with Crippen molar-refractivity contribution in [2.45, 2.75) is 11.9 Å².